The van der Waals surface area contributed by atoms with Crippen LogP contribution in [0.3, 0.4) is 0 Å². The number of imide groups is 2. The van der Waals surface area contributed by atoms with E-state index in [1.54, 1.807) is 13.8 Å². The molecule has 2 rings (SSSR count). The first kappa shape index (κ1) is 13.7. The highest BCUT2D eigenvalue weighted by atomic mass is 32.1. The largest absolute Gasteiger partial charge is 0.331 e. The van der Waals surface area contributed by atoms with Gasteiger partial charge in [0.15, 0.2) is 0 Å². The van der Waals surface area contributed by atoms with E-state index in [1.807, 2.05) is 16.8 Å². The monoisotopic (exact) mass is 280 g/mol. The molecular weight excluding hydrogens is 264 g/mol. The Morgan fingerprint density at radius 3 is 2.47 bits per heavy atom. The second-order valence-corrected chi connectivity index (χ2v) is 5.35. The second kappa shape index (κ2) is 5.13. The summed E-state index contributed by atoms with van der Waals surface area (Å²) < 4.78 is 0. The molecule has 0 saturated carbocycles. The fraction of sp³-hybridized carbons (Fsp3) is 0.462. The first-order valence-electron chi connectivity index (χ1n) is 6.23. The van der Waals surface area contributed by atoms with Crippen LogP contribution in [-0.4, -0.2) is 22.7 Å². The van der Waals surface area contributed by atoms with Gasteiger partial charge >= 0.3 is 6.03 Å². The number of carbonyl (C=O) groups is 3. The highest BCUT2D eigenvalue weighted by Gasteiger charge is 2.51. The molecule has 2 heterocycles. The van der Waals surface area contributed by atoms with Crippen LogP contribution in [0.25, 0.3) is 0 Å². The van der Waals surface area contributed by atoms with E-state index >= 15 is 0 Å². The molecule has 1 aromatic rings. The molecule has 102 valence electrons. The number of thiophene rings is 1. The van der Waals surface area contributed by atoms with Gasteiger partial charge in [-0.15, -0.1) is 0 Å². The molecule has 1 aliphatic heterocycles. The van der Waals surface area contributed by atoms with Gasteiger partial charge in [-0.2, -0.15) is 11.3 Å². The number of nitrogens with one attached hydrogen (secondary N) is 1. The number of amides is 4. The fourth-order valence-electron chi connectivity index (χ4n) is 2.31. The molecule has 5 nitrogen and oxygen atoms in total. The van der Waals surface area contributed by atoms with Crippen molar-refractivity contribution >= 4 is 29.2 Å². The molecule has 0 spiro atoms. The lowest BCUT2D eigenvalue weighted by Gasteiger charge is -2.38. The Kier molecular flexibility index (Phi) is 3.71. The summed E-state index contributed by atoms with van der Waals surface area (Å²) in [4.78, 5) is 37.4. The second-order valence-electron chi connectivity index (χ2n) is 4.57. The lowest BCUT2D eigenvalue weighted by atomic mass is 9.78. The van der Waals surface area contributed by atoms with Crippen LogP contribution in [0.15, 0.2) is 16.8 Å². The molecule has 1 aliphatic rings. The quantitative estimate of drug-likeness (QED) is 0.859. The molecule has 1 fully saturated rings. The van der Waals surface area contributed by atoms with Gasteiger partial charge in [-0.3, -0.25) is 19.8 Å². The minimum absolute atomic E-state index is 0.212. The summed E-state index contributed by atoms with van der Waals surface area (Å²) in [5.74, 6) is -0.869. The highest BCUT2D eigenvalue weighted by Crippen LogP contribution is 2.33. The van der Waals surface area contributed by atoms with Gasteiger partial charge < -0.3 is 0 Å². The number of urea groups is 1. The van der Waals surface area contributed by atoms with Gasteiger partial charge in [0.05, 0.1) is 6.54 Å². The minimum Gasteiger partial charge on any atom is -0.277 e. The Hall–Kier alpha value is -1.69. The van der Waals surface area contributed by atoms with Gasteiger partial charge in [0.1, 0.15) is 5.41 Å². The number of hydrogen-bond donors (Lipinski definition) is 1. The summed E-state index contributed by atoms with van der Waals surface area (Å²) in [5, 5.41) is 6.07. The lowest BCUT2D eigenvalue weighted by Crippen LogP contribution is -2.63. The molecule has 4 amide bonds. The van der Waals surface area contributed by atoms with Crippen molar-refractivity contribution in [2.75, 3.05) is 0 Å². The summed E-state index contributed by atoms with van der Waals surface area (Å²) >= 11 is 1.51. The number of nitrogens with zero attached hydrogens (tertiary/aromatic N) is 1. The number of carbonyl (C=O) groups excluding carboxylic acids is 3. The third-order valence-electron chi connectivity index (χ3n) is 3.68. The van der Waals surface area contributed by atoms with E-state index in [0.717, 1.165) is 10.5 Å². The summed E-state index contributed by atoms with van der Waals surface area (Å²) in [5.41, 5.74) is -0.215. The van der Waals surface area contributed by atoms with Crippen molar-refractivity contribution in [3.05, 3.63) is 22.4 Å². The SMILES string of the molecule is CCC1(CC)C(=O)NC(=O)N(Cc2ccsc2)C1=O. The average Bonchev–Trinajstić information content (AvgIpc) is 2.89. The van der Waals surface area contributed by atoms with Crippen molar-refractivity contribution in [3.8, 4) is 0 Å². The Labute approximate surface area is 115 Å². The standard InChI is InChI=1S/C13H16N2O3S/c1-3-13(4-2)10(16)14-12(18)15(11(13)17)7-9-5-6-19-8-9/h5-6,8H,3-4,7H2,1-2H3,(H,14,16,18). The molecule has 1 saturated heterocycles. The Balaban J connectivity index is 2.30. The first-order chi connectivity index (χ1) is 9.05. The Morgan fingerprint density at radius 2 is 1.95 bits per heavy atom. The Bertz CT molecular complexity index is 506. The molecule has 0 radical (unpaired) electrons. The van der Waals surface area contributed by atoms with Gasteiger partial charge in [0.25, 0.3) is 0 Å². The van der Waals surface area contributed by atoms with Crippen LogP contribution in [0.5, 0.6) is 0 Å². The van der Waals surface area contributed by atoms with Crippen LogP contribution in [0.1, 0.15) is 32.3 Å². The molecular formula is C13H16N2O3S. The maximum atomic E-state index is 12.5. The van der Waals surface area contributed by atoms with Gasteiger partial charge in [-0.25, -0.2) is 4.79 Å². The van der Waals surface area contributed by atoms with Crippen LogP contribution in [-0.2, 0) is 16.1 Å². The van der Waals surface area contributed by atoms with Crippen molar-refractivity contribution in [1.29, 1.82) is 0 Å². The minimum atomic E-state index is -1.11. The zero-order chi connectivity index (χ0) is 14.0. The van der Waals surface area contributed by atoms with Crippen molar-refractivity contribution in [2.45, 2.75) is 33.2 Å². The van der Waals surface area contributed by atoms with Crippen molar-refractivity contribution < 1.29 is 14.4 Å². The van der Waals surface area contributed by atoms with Crippen molar-refractivity contribution in [1.82, 2.24) is 10.2 Å². The van der Waals surface area contributed by atoms with E-state index in [2.05, 4.69) is 5.32 Å². The van der Waals surface area contributed by atoms with Gasteiger partial charge in [0.2, 0.25) is 11.8 Å². The van der Waals surface area contributed by atoms with Crippen molar-refractivity contribution in [2.24, 2.45) is 5.41 Å². The normalized spacial score (nSPS) is 18.6. The van der Waals surface area contributed by atoms with E-state index in [1.165, 1.54) is 11.3 Å². The topological polar surface area (TPSA) is 66.5 Å². The first-order valence-corrected chi connectivity index (χ1v) is 7.18. The summed E-state index contributed by atoms with van der Waals surface area (Å²) in [7, 11) is 0. The molecule has 0 bridgehead atoms. The van der Waals surface area contributed by atoms with E-state index in [9.17, 15) is 14.4 Å². The summed E-state index contributed by atoms with van der Waals surface area (Å²) in [6.45, 7) is 3.79. The molecule has 1 N–H and O–H groups in total. The van der Waals surface area contributed by atoms with E-state index in [-0.39, 0.29) is 6.54 Å². The molecule has 1 aromatic heterocycles. The molecule has 6 heteroatoms. The van der Waals surface area contributed by atoms with Crippen LogP contribution in [0.2, 0.25) is 0 Å². The third-order valence-corrected chi connectivity index (χ3v) is 4.41. The zero-order valence-electron chi connectivity index (χ0n) is 10.9. The molecule has 0 atom stereocenters. The number of barbiturate groups is 1. The zero-order valence-corrected chi connectivity index (χ0v) is 11.8. The van der Waals surface area contributed by atoms with Crippen LogP contribution in [0.4, 0.5) is 4.79 Å². The van der Waals surface area contributed by atoms with E-state index < -0.39 is 23.3 Å². The summed E-state index contributed by atoms with van der Waals surface area (Å²) in [6.07, 6.45) is 0.781. The van der Waals surface area contributed by atoms with Crippen LogP contribution >= 0.6 is 11.3 Å². The highest BCUT2D eigenvalue weighted by molar-refractivity contribution is 7.07. The molecule has 19 heavy (non-hydrogen) atoms. The molecule has 0 aromatic carbocycles. The predicted octanol–water partition coefficient (Wildman–Crippen LogP) is 2.13. The molecule has 0 unspecified atom stereocenters. The average molecular weight is 280 g/mol. The van der Waals surface area contributed by atoms with Gasteiger partial charge in [-0.1, -0.05) is 13.8 Å². The van der Waals surface area contributed by atoms with Crippen LogP contribution in [0, 0.1) is 5.41 Å². The predicted molar refractivity (Wildman–Crippen MR) is 71.4 cm³/mol. The smallest absolute Gasteiger partial charge is 0.277 e. The fourth-order valence-corrected chi connectivity index (χ4v) is 2.97. The van der Waals surface area contributed by atoms with E-state index in [4.69, 9.17) is 0 Å². The lowest BCUT2D eigenvalue weighted by molar-refractivity contribution is -0.152. The Morgan fingerprint density at radius 1 is 1.26 bits per heavy atom. The van der Waals surface area contributed by atoms with E-state index in [0.29, 0.717) is 12.8 Å². The number of hydrogen-bond acceptors (Lipinski definition) is 4. The van der Waals surface area contributed by atoms with Crippen molar-refractivity contribution in [3.63, 3.8) is 0 Å². The maximum Gasteiger partial charge on any atom is 0.331 e. The molecule has 0 aliphatic carbocycles. The maximum absolute atomic E-state index is 12.5. The van der Waals surface area contributed by atoms with Crippen LogP contribution < -0.4 is 5.32 Å². The summed E-state index contributed by atoms with van der Waals surface area (Å²) in [6, 6.07) is 1.24. The van der Waals surface area contributed by atoms with Gasteiger partial charge in [0, 0.05) is 0 Å². The van der Waals surface area contributed by atoms with Gasteiger partial charge in [-0.05, 0) is 35.2 Å². The third kappa shape index (κ3) is 2.16. The number of rotatable bonds is 4.